The molecule has 0 atom stereocenters. The van der Waals surface area contributed by atoms with E-state index in [9.17, 15) is 8.42 Å². The van der Waals surface area contributed by atoms with Crippen LogP contribution < -0.4 is 10.0 Å². The minimum atomic E-state index is -3.49. The summed E-state index contributed by atoms with van der Waals surface area (Å²) < 4.78 is 28.3. The van der Waals surface area contributed by atoms with Crippen molar-refractivity contribution in [1.29, 1.82) is 0 Å². The smallest absolute Gasteiger partial charge is 0.240 e. The second-order valence-corrected chi connectivity index (χ2v) is 7.08. The Labute approximate surface area is 146 Å². The number of anilines is 1. The zero-order chi connectivity index (χ0) is 17.7. The van der Waals surface area contributed by atoms with E-state index in [0.717, 1.165) is 5.69 Å². The van der Waals surface area contributed by atoms with Gasteiger partial charge in [0.05, 0.1) is 10.6 Å². The van der Waals surface area contributed by atoms with E-state index in [0.29, 0.717) is 18.2 Å². The molecule has 8 nitrogen and oxygen atoms in total. The first-order valence-electron chi connectivity index (χ1n) is 7.69. The molecule has 25 heavy (non-hydrogen) atoms. The van der Waals surface area contributed by atoms with E-state index in [1.165, 1.54) is 0 Å². The predicted molar refractivity (Wildman–Crippen MR) is 94.0 cm³/mol. The summed E-state index contributed by atoms with van der Waals surface area (Å²) in [4.78, 5) is 0.244. The minimum absolute atomic E-state index is 0.235. The highest BCUT2D eigenvalue weighted by Crippen LogP contribution is 2.08. The summed E-state index contributed by atoms with van der Waals surface area (Å²) in [5.41, 5.74) is 0.898. The fourth-order valence-electron chi connectivity index (χ4n) is 2.14. The lowest BCUT2D eigenvalue weighted by molar-refractivity contribution is 0.583. The number of rotatable bonds is 7. The Balaban J connectivity index is 1.51. The average Bonchev–Trinajstić information content (AvgIpc) is 3.06. The van der Waals surface area contributed by atoms with Crippen molar-refractivity contribution in [2.75, 3.05) is 18.4 Å². The second kappa shape index (κ2) is 7.41. The molecule has 3 rings (SSSR count). The summed E-state index contributed by atoms with van der Waals surface area (Å²) >= 11 is 0. The molecule has 0 aliphatic carbocycles. The lowest BCUT2D eigenvalue weighted by Gasteiger charge is -2.08. The molecule has 2 N–H and O–H groups in total. The van der Waals surface area contributed by atoms with Crippen molar-refractivity contribution in [2.45, 2.75) is 11.8 Å². The Hall–Kier alpha value is -2.78. The normalized spacial score (nSPS) is 11.4. The van der Waals surface area contributed by atoms with Crippen molar-refractivity contribution in [3.8, 4) is 5.82 Å². The minimum Gasteiger partial charge on any atom is -0.367 e. The molecule has 1 aromatic carbocycles. The number of hydrogen-bond acceptors (Lipinski definition) is 6. The molecule has 0 unspecified atom stereocenters. The number of nitrogens with zero attached hydrogens (tertiary/aromatic N) is 4. The van der Waals surface area contributed by atoms with Gasteiger partial charge >= 0.3 is 0 Å². The summed E-state index contributed by atoms with van der Waals surface area (Å²) in [7, 11) is -3.49. The van der Waals surface area contributed by atoms with Gasteiger partial charge in [0.2, 0.25) is 10.0 Å². The van der Waals surface area contributed by atoms with Crippen LogP contribution in [0.25, 0.3) is 5.82 Å². The van der Waals surface area contributed by atoms with Crippen molar-refractivity contribution in [2.24, 2.45) is 0 Å². The van der Waals surface area contributed by atoms with Gasteiger partial charge in [-0.1, -0.05) is 18.2 Å². The summed E-state index contributed by atoms with van der Waals surface area (Å²) in [5.74, 6) is 1.18. The van der Waals surface area contributed by atoms with Gasteiger partial charge in [-0.3, -0.25) is 0 Å². The lowest BCUT2D eigenvalue weighted by atomic mass is 10.4. The molecule has 9 heteroatoms. The molecule has 0 saturated carbocycles. The number of hydrogen-bond donors (Lipinski definition) is 2. The first kappa shape index (κ1) is 17.1. The van der Waals surface area contributed by atoms with Crippen LogP contribution in [-0.4, -0.2) is 41.5 Å². The fourth-order valence-corrected chi connectivity index (χ4v) is 3.20. The monoisotopic (exact) mass is 358 g/mol. The maximum absolute atomic E-state index is 12.1. The highest BCUT2D eigenvalue weighted by atomic mass is 32.2. The molecule has 0 radical (unpaired) electrons. The van der Waals surface area contributed by atoms with Gasteiger partial charge < -0.3 is 5.32 Å². The molecule has 130 valence electrons. The summed E-state index contributed by atoms with van der Waals surface area (Å²) in [6, 6.07) is 13.7. The number of nitrogens with one attached hydrogen (secondary N) is 2. The van der Waals surface area contributed by atoms with Crippen LogP contribution >= 0.6 is 0 Å². The highest BCUT2D eigenvalue weighted by Gasteiger charge is 2.11. The van der Waals surface area contributed by atoms with E-state index in [1.54, 1.807) is 47.1 Å². The molecule has 0 aliphatic rings. The van der Waals surface area contributed by atoms with E-state index < -0.39 is 10.0 Å². The van der Waals surface area contributed by atoms with Gasteiger partial charge in [0.15, 0.2) is 5.82 Å². The number of sulfonamides is 1. The molecule has 0 amide bonds. The lowest BCUT2D eigenvalue weighted by Crippen LogP contribution is -2.29. The zero-order valence-electron chi connectivity index (χ0n) is 13.6. The third-order valence-electron chi connectivity index (χ3n) is 3.38. The second-order valence-electron chi connectivity index (χ2n) is 5.32. The predicted octanol–water partition coefficient (Wildman–Crippen LogP) is 1.36. The van der Waals surface area contributed by atoms with E-state index in [1.807, 2.05) is 19.2 Å². The van der Waals surface area contributed by atoms with Crippen LogP contribution in [0.15, 0.2) is 59.6 Å². The molecular weight excluding hydrogens is 340 g/mol. The standard InChI is InChI=1S/C16H18N6O2S/c1-13-9-12-22(21-13)16-8-7-15(19-20-16)17-10-11-18-25(23,24)14-5-3-2-4-6-14/h2-9,12,18H,10-11H2,1H3,(H,17,19). The SMILES string of the molecule is Cc1ccn(-c2ccc(NCCNS(=O)(=O)c3ccccc3)nn2)n1. The molecule has 0 saturated heterocycles. The van der Waals surface area contributed by atoms with E-state index >= 15 is 0 Å². The summed E-state index contributed by atoms with van der Waals surface area (Å²) in [5, 5.41) is 15.4. The Morgan fingerprint density at radius 3 is 2.44 bits per heavy atom. The number of aromatic nitrogens is 4. The molecule has 0 fully saturated rings. The maximum Gasteiger partial charge on any atom is 0.240 e. The van der Waals surface area contributed by atoms with Gasteiger partial charge in [-0.15, -0.1) is 10.2 Å². The number of aryl methyl sites for hydroxylation is 1. The van der Waals surface area contributed by atoms with Crippen LogP contribution in [0.1, 0.15) is 5.69 Å². The first-order valence-corrected chi connectivity index (χ1v) is 9.18. The van der Waals surface area contributed by atoms with Crippen molar-refractivity contribution in [3.05, 3.63) is 60.4 Å². The fraction of sp³-hybridized carbons (Fsp3) is 0.188. The van der Waals surface area contributed by atoms with E-state index in [4.69, 9.17) is 0 Å². The third-order valence-corrected chi connectivity index (χ3v) is 4.86. The van der Waals surface area contributed by atoms with Gasteiger partial charge in [0.1, 0.15) is 5.82 Å². The summed E-state index contributed by atoms with van der Waals surface area (Å²) in [6.45, 7) is 2.52. The molecular formula is C16H18N6O2S. The van der Waals surface area contributed by atoms with Crippen LogP contribution in [0.5, 0.6) is 0 Å². The van der Waals surface area contributed by atoms with Crippen molar-refractivity contribution in [1.82, 2.24) is 24.7 Å². The number of benzene rings is 1. The third kappa shape index (κ3) is 4.40. The topological polar surface area (TPSA) is 102 Å². The maximum atomic E-state index is 12.1. The average molecular weight is 358 g/mol. The molecule has 2 heterocycles. The Bertz CT molecular complexity index is 923. The van der Waals surface area contributed by atoms with Crippen LogP contribution in [0.3, 0.4) is 0 Å². The van der Waals surface area contributed by atoms with Gasteiger partial charge in [0.25, 0.3) is 0 Å². The Morgan fingerprint density at radius 1 is 1.00 bits per heavy atom. The first-order chi connectivity index (χ1) is 12.0. The van der Waals surface area contributed by atoms with Crippen LogP contribution in [0.4, 0.5) is 5.82 Å². The van der Waals surface area contributed by atoms with Gasteiger partial charge in [0, 0.05) is 19.3 Å². The van der Waals surface area contributed by atoms with Crippen LogP contribution in [0, 0.1) is 6.92 Å². The Kier molecular flexibility index (Phi) is 5.05. The molecule has 0 bridgehead atoms. The van der Waals surface area contributed by atoms with E-state index in [2.05, 4.69) is 25.3 Å². The van der Waals surface area contributed by atoms with Crippen molar-refractivity contribution in [3.63, 3.8) is 0 Å². The van der Waals surface area contributed by atoms with Gasteiger partial charge in [-0.2, -0.15) is 5.10 Å². The van der Waals surface area contributed by atoms with Crippen LogP contribution in [-0.2, 0) is 10.0 Å². The zero-order valence-corrected chi connectivity index (χ0v) is 14.4. The largest absolute Gasteiger partial charge is 0.367 e. The van der Waals surface area contributed by atoms with Crippen molar-refractivity contribution < 1.29 is 8.42 Å². The van der Waals surface area contributed by atoms with Gasteiger partial charge in [-0.25, -0.2) is 17.8 Å². The van der Waals surface area contributed by atoms with Crippen LogP contribution in [0.2, 0.25) is 0 Å². The van der Waals surface area contributed by atoms with E-state index in [-0.39, 0.29) is 11.4 Å². The van der Waals surface area contributed by atoms with Gasteiger partial charge in [-0.05, 0) is 37.3 Å². The molecule has 0 aliphatic heterocycles. The molecule has 0 spiro atoms. The quantitative estimate of drug-likeness (QED) is 0.619. The highest BCUT2D eigenvalue weighted by molar-refractivity contribution is 7.89. The van der Waals surface area contributed by atoms with Crippen molar-refractivity contribution >= 4 is 15.8 Å². The summed E-state index contributed by atoms with van der Waals surface area (Å²) in [6.07, 6.45) is 1.81. The Morgan fingerprint density at radius 2 is 1.80 bits per heavy atom. The molecule has 2 aromatic heterocycles. The molecule has 3 aromatic rings.